The van der Waals surface area contributed by atoms with E-state index in [0.29, 0.717) is 11.7 Å². The predicted octanol–water partition coefficient (Wildman–Crippen LogP) is 0.366. The molecule has 0 aliphatic carbocycles. The van der Waals surface area contributed by atoms with Crippen molar-refractivity contribution in [1.29, 1.82) is 0 Å². The summed E-state index contributed by atoms with van der Waals surface area (Å²) >= 11 is 1.32. The van der Waals surface area contributed by atoms with Crippen molar-refractivity contribution in [1.82, 2.24) is 24.1 Å². The first-order valence-corrected chi connectivity index (χ1v) is 6.47. The number of hydrogen-bond donors (Lipinski definition) is 2. The lowest BCUT2D eigenvalue weighted by atomic mass is 10.4. The van der Waals surface area contributed by atoms with E-state index in [-0.39, 0.29) is 5.69 Å². The Labute approximate surface area is 112 Å². The molecule has 19 heavy (non-hydrogen) atoms. The van der Waals surface area contributed by atoms with Crippen LogP contribution in [0.5, 0.6) is 0 Å². The van der Waals surface area contributed by atoms with Crippen LogP contribution in [0, 0.1) is 0 Å². The zero-order chi connectivity index (χ0) is 13.4. The second-order valence-corrected chi connectivity index (χ2v) is 4.92. The second-order valence-electron chi connectivity index (χ2n) is 3.97. The maximum Gasteiger partial charge on any atom is 0.343 e. The molecule has 3 N–H and O–H groups in total. The maximum atomic E-state index is 11.3. The van der Waals surface area contributed by atoms with E-state index >= 15 is 0 Å². The van der Waals surface area contributed by atoms with Gasteiger partial charge in [0.1, 0.15) is 10.7 Å². The summed E-state index contributed by atoms with van der Waals surface area (Å²) in [5, 5.41) is 7.67. The summed E-state index contributed by atoms with van der Waals surface area (Å²) in [7, 11) is 1.66. The summed E-state index contributed by atoms with van der Waals surface area (Å²) in [6.45, 7) is 0.367. The van der Waals surface area contributed by atoms with Crippen LogP contribution in [0.15, 0.2) is 39.4 Å². The number of nitrogens with zero attached hydrogens (tertiary/aromatic N) is 4. The molecule has 3 rings (SSSR count). The van der Waals surface area contributed by atoms with Gasteiger partial charge in [-0.1, -0.05) is 6.07 Å². The highest BCUT2D eigenvalue weighted by Gasteiger charge is 2.15. The molecule has 0 spiro atoms. The van der Waals surface area contributed by atoms with Gasteiger partial charge in [0.15, 0.2) is 5.16 Å². The van der Waals surface area contributed by atoms with Crippen LogP contribution in [0.3, 0.4) is 0 Å². The van der Waals surface area contributed by atoms with E-state index in [1.165, 1.54) is 16.3 Å². The van der Waals surface area contributed by atoms with E-state index in [1.807, 2.05) is 28.8 Å². The Morgan fingerprint density at radius 3 is 3.00 bits per heavy atom. The Hall–Kier alpha value is -2.06. The van der Waals surface area contributed by atoms with Crippen molar-refractivity contribution >= 4 is 17.4 Å². The zero-order valence-corrected chi connectivity index (χ0v) is 11.0. The van der Waals surface area contributed by atoms with E-state index in [1.54, 1.807) is 7.05 Å². The fraction of sp³-hybridized carbons (Fsp3) is 0.182. The van der Waals surface area contributed by atoms with Crippen molar-refractivity contribution in [2.24, 2.45) is 12.8 Å². The van der Waals surface area contributed by atoms with E-state index in [4.69, 9.17) is 5.73 Å². The number of hydrogen-bond acceptors (Lipinski definition) is 5. The standard InChI is InChI=1S/C11H12N6OS/c1-16-10(18)14-15-11(16)19-9-7(6-12)17-5-3-2-4-8(17)13-9/h2-5H,6,12H2,1H3,(H,14,18). The Bertz CT molecular complexity index is 786. The molecule has 98 valence electrons. The van der Waals surface area contributed by atoms with Crippen LogP contribution in [0.25, 0.3) is 5.65 Å². The largest absolute Gasteiger partial charge is 0.343 e. The van der Waals surface area contributed by atoms with Crippen molar-refractivity contribution < 1.29 is 0 Å². The molecule has 0 saturated heterocycles. The minimum absolute atomic E-state index is 0.249. The molecule has 3 heterocycles. The molecule has 0 unspecified atom stereocenters. The summed E-state index contributed by atoms with van der Waals surface area (Å²) < 4.78 is 3.38. The average molecular weight is 276 g/mol. The van der Waals surface area contributed by atoms with Gasteiger partial charge < -0.3 is 10.1 Å². The van der Waals surface area contributed by atoms with Gasteiger partial charge in [-0.25, -0.2) is 14.9 Å². The third-order valence-electron chi connectivity index (χ3n) is 2.81. The van der Waals surface area contributed by atoms with Gasteiger partial charge in [0.05, 0.1) is 5.69 Å². The number of H-pyrrole nitrogens is 1. The fourth-order valence-electron chi connectivity index (χ4n) is 1.80. The van der Waals surface area contributed by atoms with Crippen LogP contribution < -0.4 is 11.4 Å². The van der Waals surface area contributed by atoms with Crippen LogP contribution in [0.4, 0.5) is 0 Å². The van der Waals surface area contributed by atoms with E-state index in [0.717, 1.165) is 16.4 Å². The van der Waals surface area contributed by atoms with Crippen molar-refractivity contribution in [3.05, 3.63) is 40.6 Å². The number of aromatic amines is 1. The number of fused-ring (bicyclic) bond motifs is 1. The normalized spacial score (nSPS) is 11.3. The van der Waals surface area contributed by atoms with Gasteiger partial charge >= 0.3 is 5.69 Å². The Kier molecular flexibility index (Phi) is 2.88. The zero-order valence-electron chi connectivity index (χ0n) is 10.2. The summed E-state index contributed by atoms with van der Waals surface area (Å²) in [5.74, 6) is 0. The van der Waals surface area contributed by atoms with Gasteiger partial charge in [-0.3, -0.25) is 4.57 Å². The monoisotopic (exact) mass is 276 g/mol. The van der Waals surface area contributed by atoms with Gasteiger partial charge in [-0.15, -0.1) is 5.10 Å². The number of nitrogens with one attached hydrogen (secondary N) is 1. The molecule has 3 aromatic rings. The quantitative estimate of drug-likeness (QED) is 0.720. The van der Waals surface area contributed by atoms with E-state index in [2.05, 4.69) is 15.2 Å². The minimum Gasteiger partial charge on any atom is -0.325 e. The number of imidazole rings is 1. The number of aromatic nitrogens is 5. The third kappa shape index (κ3) is 1.94. The molecule has 0 atom stereocenters. The molecule has 0 radical (unpaired) electrons. The van der Waals surface area contributed by atoms with Crippen molar-refractivity contribution in [3.8, 4) is 0 Å². The van der Waals surface area contributed by atoms with Crippen molar-refractivity contribution in [3.63, 3.8) is 0 Å². The summed E-state index contributed by atoms with van der Waals surface area (Å²) in [5.41, 5.74) is 7.26. The number of pyridine rings is 1. The van der Waals surface area contributed by atoms with E-state index in [9.17, 15) is 4.79 Å². The Morgan fingerprint density at radius 2 is 2.32 bits per heavy atom. The molecule has 0 fully saturated rings. The molecule has 8 heteroatoms. The molecule has 0 aliphatic rings. The van der Waals surface area contributed by atoms with Gasteiger partial charge in [0, 0.05) is 19.8 Å². The van der Waals surface area contributed by atoms with Gasteiger partial charge in [-0.05, 0) is 23.9 Å². The SMILES string of the molecule is Cn1c(Sc2nc3ccccn3c2CN)n[nH]c1=O. The Morgan fingerprint density at radius 1 is 1.47 bits per heavy atom. The minimum atomic E-state index is -0.249. The number of rotatable bonds is 3. The fourth-order valence-corrected chi connectivity index (χ4v) is 2.73. The summed E-state index contributed by atoms with van der Waals surface area (Å²) in [4.78, 5) is 15.8. The van der Waals surface area contributed by atoms with Crippen molar-refractivity contribution in [2.75, 3.05) is 0 Å². The summed E-state index contributed by atoms with van der Waals surface area (Å²) in [6.07, 6.45) is 1.91. The van der Waals surface area contributed by atoms with Gasteiger partial charge in [-0.2, -0.15) is 0 Å². The molecule has 0 aromatic carbocycles. The van der Waals surface area contributed by atoms with Crippen LogP contribution in [0.2, 0.25) is 0 Å². The van der Waals surface area contributed by atoms with Crippen LogP contribution in [0.1, 0.15) is 5.69 Å². The predicted molar refractivity (Wildman–Crippen MR) is 71.0 cm³/mol. The lowest BCUT2D eigenvalue weighted by molar-refractivity contribution is 0.764. The topological polar surface area (TPSA) is 94.0 Å². The molecule has 0 amide bonds. The molecule has 7 nitrogen and oxygen atoms in total. The van der Waals surface area contributed by atoms with Crippen LogP contribution in [-0.4, -0.2) is 24.1 Å². The highest BCUT2D eigenvalue weighted by atomic mass is 32.2. The molecule has 3 aromatic heterocycles. The van der Waals surface area contributed by atoms with Gasteiger partial charge in [0.2, 0.25) is 0 Å². The smallest absolute Gasteiger partial charge is 0.325 e. The lowest BCUT2D eigenvalue weighted by Gasteiger charge is -2.00. The Balaban J connectivity index is 2.10. The first-order valence-electron chi connectivity index (χ1n) is 5.66. The first kappa shape index (κ1) is 12.0. The molecule has 0 aliphatic heterocycles. The molecular formula is C11H12N6OS. The van der Waals surface area contributed by atoms with E-state index < -0.39 is 0 Å². The third-order valence-corrected chi connectivity index (χ3v) is 3.88. The molecule has 0 saturated carbocycles. The van der Waals surface area contributed by atoms with Crippen LogP contribution in [-0.2, 0) is 13.6 Å². The lowest BCUT2D eigenvalue weighted by Crippen LogP contribution is -2.12. The average Bonchev–Trinajstić information content (AvgIpc) is 2.93. The second kappa shape index (κ2) is 4.56. The van der Waals surface area contributed by atoms with Crippen molar-refractivity contribution in [2.45, 2.75) is 16.7 Å². The van der Waals surface area contributed by atoms with Gasteiger partial charge in [0.25, 0.3) is 0 Å². The highest BCUT2D eigenvalue weighted by molar-refractivity contribution is 7.99. The highest BCUT2D eigenvalue weighted by Crippen LogP contribution is 2.27. The molecule has 0 bridgehead atoms. The summed E-state index contributed by atoms with van der Waals surface area (Å²) in [6, 6.07) is 5.75. The maximum absolute atomic E-state index is 11.3. The van der Waals surface area contributed by atoms with Crippen LogP contribution >= 0.6 is 11.8 Å². The molecular weight excluding hydrogens is 264 g/mol. The number of nitrogens with two attached hydrogens (primary N) is 1. The first-order chi connectivity index (χ1) is 9.20.